The van der Waals surface area contributed by atoms with E-state index >= 15 is 0 Å². The van der Waals surface area contributed by atoms with Crippen molar-refractivity contribution in [2.24, 2.45) is 0 Å². The van der Waals surface area contributed by atoms with E-state index in [-0.39, 0.29) is 18.2 Å². The highest BCUT2D eigenvalue weighted by Crippen LogP contribution is 2.18. The predicted molar refractivity (Wildman–Crippen MR) is 121 cm³/mol. The van der Waals surface area contributed by atoms with Gasteiger partial charge in [-0.25, -0.2) is 0 Å². The first kappa shape index (κ1) is 24.0. The fraction of sp³-hybridized carbons (Fsp3) is 0.391. The second-order valence-electron chi connectivity index (χ2n) is 6.87. The number of likely N-dealkylation sites (N-methyl/N-ethyl adjacent to an activating group) is 1. The number of hydrogen-bond donors (Lipinski definition) is 1. The summed E-state index contributed by atoms with van der Waals surface area (Å²) < 4.78 is 5.67. The summed E-state index contributed by atoms with van der Waals surface area (Å²) in [5, 5.41) is 4.11. The van der Waals surface area contributed by atoms with E-state index in [9.17, 15) is 9.59 Å². The lowest BCUT2D eigenvalue weighted by molar-refractivity contribution is -0.141. The molecule has 0 fully saturated rings. The monoisotopic (exact) mass is 450 g/mol. The molecule has 0 heterocycles. The summed E-state index contributed by atoms with van der Waals surface area (Å²) in [6.45, 7) is 5.05. The Bertz CT molecular complexity index is 810. The quantitative estimate of drug-likeness (QED) is 0.484. The van der Waals surface area contributed by atoms with Gasteiger partial charge in [0.05, 0.1) is 6.61 Å². The number of rotatable bonds is 11. The molecule has 0 aromatic heterocycles. The number of nitrogens with one attached hydrogen (secondary N) is 1. The molecule has 0 aliphatic carbocycles. The van der Waals surface area contributed by atoms with Crippen LogP contribution in [0.3, 0.4) is 0 Å². The van der Waals surface area contributed by atoms with E-state index in [4.69, 9.17) is 27.9 Å². The van der Waals surface area contributed by atoms with Crippen molar-refractivity contribution in [1.82, 2.24) is 10.2 Å². The number of nitrogens with zero attached hydrogens (tertiary/aromatic N) is 1. The molecule has 0 saturated carbocycles. The van der Waals surface area contributed by atoms with Crippen LogP contribution in [0.25, 0.3) is 0 Å². The van der Waals surface area contributed by atoms with Gasteiger partial charge >= 0.3 is 0 Å². The average Bonchev–Trinajstić information content (AvgIpc) is 2.74. The molecule has 0 aliphatic rings. The summed E-state index contributed by atoms with van der Waals surface area (Å²) in [6, 6.07) is 13.9. The van der Waals surface area contributed by atoms with Gasteiger partial charge in [0.1, 0.15) is 11.8 Å². The zero-order valence-electron chi connectivity index (χ0n) is 17.4. The molecule has 1 unspecified atom stereocenters. The molecule has 30 heavy (non-hydrogen) atoms. The first-order valence-electron chi connectivity index (χ1n) is 10.1. The number of halogens is 2. The number of ether oxygens (including phenoxy) is 1. The minimum atomic E-state index is -0.523. The van der Waals surface area contributed by atoms with E-state index in [0.29, 0.717) is 48.3 Å². The van der Waals surface area contributed by atoms with Crippen molar-refractivity contribution in [3.05, 3.63) is 64.1 Å². The van der Waals surface area contributed by atoms with Crippen molar-refractivity contribution < 1.29 is 14.3 Å². The van der Waals surface area contributed by atoms with Gasteiger partial charge in [0.15, 0.2) is 0 Å². The standard InChI is InChI=1S/C23H28Cl2N2O3/c1-3-21(23(29)26-4-2)27(16-17-7-9-18(24)10-8-17)22(28)6-5-15-30-20-13-11-19(25)12-14-20/h7-14,21H,3-6,15-16H2,1-2H3,(H,26,29). The Labute approximate surface area is 188 Å². The van der Waals surface area contributed by atoms with Crippen LogP contribution in [0, 0.1) is 0 Å². The largest absolute Gasteiger partial charge is 0.494 e. The van der Waals surface area contributed by atoms with Gasteiger partial charge in [-0.15, -0.1) is 0 Å². The van der Waals surface area contributed by atoms with E-state index in [1.807, 2.05) is 26.0 Å². The fourth-order valence-electron chi connectivity index (χ4n) is 3.09. The van der Waals surface area contributed by atoms with Gasteiger partial charge in [-0.3, -0.25) is 9.59 Å². The second-order valence-corrected chi connectivity index (χ2v) is 7.75. The fourth-order valence-corrected chi connectivity index (χ4v) is 3.34. The number of amides is 2. The van der Waals surface area contributed by atoms with Crippen molar-refractivity contribution in [1.29, 1.82) is 0 Å². The summed E-state index contributed by atoms with van der Waals surface area (Å²) in [5.41, 5.74) is 0.924. The van der Waals surface area contributed by atoms with Crippen molar-refractivity contribution >= 4 is 35.0 Å². The lowest BCUT2D eigenvalue weighted by atomic mass is 10.1. The van der Waals surface area contributed by atoms with Crippen molar-refractivity contribution in [2.45, 2.75) is 45.7 Å². The van der Waals surface area contributed by atoms with Crippen molar-refractivity contribution in [3.63, 3.8) is 0 Å². The molecule has 0 aliphatic heterocycles. The number of hydrogen-bond acceptors (Lipinski definition) is 3. The molecule has 0 bridgehead atoms. The molecule has 162 valence electrons. The molecular formula is C23H28Cl2N2O3. The van der Waals surface area contributed by atoms with E-state index < -0.39 is 6.04 Å². The zero-order valence-corrected chi connectivity index (χ0v) is 18.9. The highest BCUT2D eigenvalue weighted by Gasteiger charge is 2.27. The smallest absolute Gasteiger partial charge is 0.242 e. The average molecular weight is 451 g/mol. The summed E-state index contributed by atoms with van der Waals surface area (Å²) in [7, 11) is 0. The second kappa shape index (κ2) is 12.5. The van der Waals surface area contributed by atoms with Crippen LogP contribution in [0.15, 0.2) is 48.5 Å². The lowest BCUT2D eigenvalue weighted by Gasteiger charge is -2.30. The first-order chi connectivity index (χ1) is 14.4. The molecule has 7 heteroatoms. The molecule has 1 atom stereocenters. The summed E-state index contributed by atoms with van der Waals surface area (Å²) >= 11 is 11.8. The van der Waals surface area contributed by atoms with E-state index in [2.05, 4.69) is 5.32 Å². The van der Waals surface area contributed by atoms with Gasteiger partial charge in [-0.05, 0) is 61.7 Å². The topological polar surface area (TPSA) is 58.6 Å². The molecule has 2 aromatic carbocycles. The van der Waals surface area contributed by atoms with Gasteiger partial charge in [0, 0.05) is 29.6 Å². The van der Waals surface area contributed by atoms with Crippen LogP contribution in [0.4, 0.5) is 0 Å². The van der Waals surface area contributed by atoms with Gasteiger partial charge in [0.2, 0.25) is 11.8 Å². The van der Waals surface area contributed by atoms with Gasteiger partial charge in [-0.2, -0.15) is 0 Å². The van der Waals surface area contributed by atoms with Gasteiger partial charge in [0.25, 0.3) is 0 Å². The lowest BCUT2D eigenvalue weighted by Crippen LogP contribution is -2.49. The van der Waals surface area contributed by atoms with Crippen molar-refractivity contribution in [2.75, 3.05) is 13.2 Å². The molecular weight excluding hydrogens is 423 g/mol. The Balaban J connectivity index is 2.01. The molecule has 1 N–H and O–H groups in total. The van der Waals surface area contributed by atoms with Crippen LogP contribution in [0.1, 0.15) is 38.7 Å². The Kier molecular flexibility index (Phi) is 9.98. The van der Waals surface area contributed by atoms with Crippen LogP contribution in [0.5, 0.6) is 5.75 Å². The third-order valence-corrected chi connectivity index (χ3v) is 5.12. The number of benzene rings is 2. The van der Waals surface area contributed by atoms with Gasteiger partial charge < -0.3 is 15.0 Å². The molecule has 2 aromatic rings. The Morgan fingerprint density at radius 3 is 2.17 bits per heavy atom. The van der Waals surface area contributed by atoms with E-state index in [0.717, 1.165) is 5.56 Å². The minimum absolute atomic E-state index is 0.0808. The molecule has 0 radical (unpaired) electrons. The van der Waals surface area contributed by atoms with Crippen molar-refractivity contribution in [3.8, 4) is 5.75 Å². The molecule has 0 spiro atoms. The maximum atomic E-state index is 13.0. The molecule has 2 rings (SSSR count). The summed E-state index contributed by atoms with van der Waals surface area (Å²) in [5.74, 6) is 0.487. The Morgan fingerprint density at radius 2 is 1.60 bits per heavy atom. The molecule has 0 saturated heterocycles. The maximum absolute atomic E-state index is 13.0. The van der Waals surface area contributed by atoms with E-state index in [1.54, 1.807) is 41.3 Å². The maximum Gasteiger partial charge on any atom is 0.242 e. The van der Waals surface area contributed by atoms with E-state index in [1.165, 1.54) is 0 Å². The normalized spacial score (nSPS) is 11.6. The predicted octanol–water partition coefficient (Wildman–Crippen LogP) is 5.10. The Hall–Kier alpha value is -2.24. The number of carbonyl (C=O) groups excluding carboxylic acids is 2. The summed E-state index contributed by atoms with van der Waals surface area (Å²) in [6.07, 6.45) is 1.37. The third kappa shape index (κ3) is 7.54. The zero-order chi connectivity index (χ0) is 21.9. The molecule has 2 amide bonds. The highest BCUT2D eigenvalue weighted by atomic mass is 35.5. The minimum Gasteiger partial charge on any atom is -0.494 e. The van der Waals surface area contributed by atoms with Crippen LogP contribution in [-0.2, 0) is 16.1 Å². The number of carbonyl (C=O) groups is 2. The summed E-state index contributed by atoms with van der Waals surface area (Å²) in [4.78, 5) is 27.2. The van der Waals surface area contributed by atoms with Crippen LogP contribution in [0.2, 0.25) is 10.0 Å². The Morgan fingerprint density at radius 1 is 1.00 bits per heavy atom. The third-order valence-electron chi connectivity index (χ3n) is 4.62. The van der Waals surface area contributed by atoms with Crippen LogP contribution >= 0.6 is 23.2 Å². The van der Waals surface area contributed by atoms with Gasteiger partial charge in [-0.1, -0.05) is 42.3 Å². The van der Waals surface area contributed by atoms with Crippen LogP contribution in [-0.4, -0.2) is 35.9 Å². The molecule has 5 nitrogen and oxygen atoms in total. The highest BCUT2D eigenvalue weighted by molar-refractivity contribution is 6.30. The first-order valence-corrected chi connectivity index (χ1v) is 10.9. The SMILES string of the molecule is CCNC(=O)C(CC)N(Cc1ccc(Cl)cc1)C(=O)CCCOc1ccc(Cl)cc1. The van der Waals surface area contributed by atoms with Crippen LogP contribution < -0.4 is 10.1 Å².